The Morgan fingerprint density at radius 2 is 2.35 bits per heavy atom. The zero-order valence-corrected chi connectivity index (χ0v) is 11.0. The maximum Gasteiger partial charge on any atom is 0.263 e. The molecule has 0 radical (unpaired) electrons. The van der Waals surface area contributed by atoms with Crippen molar-refractivity contribution in [3.63, 3.8) is 0 Å². The molecule has 1 amide bonds. The molecule has 1 aliphatic rings. The van der Waals surface area contributed by atoms with Crippen LogP contribution in [0.2, 0.25) is 0 Å². The van der Waals surface area contributed by atoms with E-state index >= 15 is 0 Å². The summed E-state index contributed by atoms with van der Waals surface area (Å²) in [5.74, 6) is 0.602. The topological polar surface area (TPSA) is 68.2 Å². The molecule has 0 bridgehead atoms. The highest BCUT2D eigenvalue weighted by Gasteiger charge is 2.25. The van der Waals surface area contributed by atoms with Crippen molar-refractivity contribution in [3.8, 4) is 5.75 Å². The van der Waals surface area contributed by atoms with E-state index in [1.54, 1.807) is 10.9 Å². The van der Waals surface area contributed by atoms with Crippen LogP contribution in [-0.2, 0) is 11.3 Å². The van der Waals surface area contributed by atoms with E-state index in [1.807, 2.05) is 36.5 Å². The number of nitrogens with zero attached hydrogens (tertiary/aromatic N) is 2. The van der Waals surface area contributed by atoms with Gasteiger partial charge < -0.3 is 15.4 Å². The summed E-state index contributed by atoms with van der Waals surface area (Å²) in [5, 5.41) is 10.1. The summed E-state index contributed by atoms with van der Waals surface area (Å²) in [6.45, 7) is 1.65. The average Bonchev–Trinajstić information content (AvgIpc) is 3.00. The number of hydrogen-bond acceptors (Lipinski definition) is 4. The van der Waals surface area contributed by atoms with E-state index in [9.17, 15) is 4.79 Å². The molecule has 1 unspecified atom stereocenters. The van der Waals surface area contributed by atoms with Crippen molar-refractivity contribution in [2.45, 2.75) is 12.6 Å². The number of ether oxygens (including phenoxy) is 1. The molecule has 3 rings (SSSR count). The van der Waals surface area contributed by atoms with Crippen molar-refractivity contribution < 1.29 is 9.53 Å². The zero-order chi connectivity index (χ0) is 13.8. The number of amides is 1. The zero-order valence-electron chi connectivity index (χ0n) is 11.0. The predicted molar refractivity (Wildman–Crippen MR) is 74.6 cm³/mol. The molecule has 2 heterocycles. The molecule has 6 nitrogen and oxygen atoms in total. The Bertz CT molecular complexity index is 583. The number of nitrogens with one attached hydrogen (secondary N) is 2. The third-order valence-electron chi connectivity index (χ3n) is 3.13. The normalized spacial score (nSPS) is 16.7. The minimum Gasteiger partial charge on any atom is -0.477 e. The third kappa shape index (κ3) is 2.74. The highest BCUT2D eigenvalue weighted by atomic mass is 16.5. The number of carbonyl (C=O) groups excluding carboxylic acids is 1. The Kier molecular flexibility index (Phi) is 3.54. The van der Waals surface area contributed by atoms with Crippen molar-refractivity contribution in [3.05, 3.63) is 42.7 Å². The van der Waals surface area contributed by atoms with Gasteiger partial charge in [0, 0.05) is 18.9 Å². The van der Waals surface area contributed by atoms with Gasteiger partial charge in [-0.25, -0.2) is 0 Å². The molecule has 0 saturated heterocycles. The first-order valence-electron chi connectivity index (χ1n) is 6.57. The smallest absolute Gasteiger partial charge is 0.263 e. The summed E-state index contributed by atoms with van der Waals surface area (Å²) in [6.07, 6.45) is 3.08. The fourth-order valence-electron chi connectivity index (χ4n) is 2.10. The lowest BCUT2D eigenvalue weighted by Crippen LogP contribution is -2.45. The van der Waals surface area contributed by atoms with Crippen molar-refractivity contribution in [2.24, 2.45) is 0 Å². The average molecular weight is 272 g/mol. The Morgan fingerprint density at radius 1 is 1.45 bits per heavy atom. The second-order valence-electron chi connectivity index (χ2n) is 4.54. The van der Waals surface area contributed by atoms with E-state index in [-0.39, 0.29) is 5.91 Å². The number of rotatable bonds is 4. The predicted octanol–water partition coefficient (Wildman–Crippen LogP) is 0.872. The number of benzene rings is 1. The van der Waals surface area contributed by atoms with E-state index in [0.717, 1.165) is 5.69 Å². The molecule has 2 N–H and O–H groups in total. The molecular weight excluding hydrogens is 256 g/mol. The maximum absolute atomic E-state index is 12.0. The molecule has 1 aromatic heterocycles. The number of carbonyl (C=O) groups is 1. The molecule has 104 valence electrons. The number of para-hydroxylation sites is 2. The van der Waals surface area contributed by atoms with Crippen LogP contribution in [0.1, 0.15) is 0 Å². The highest BCUT2D eigenvalue weighted by molar-refractivity contribution is 5.83. The van der Waals surface area contributed by atoms with Gasteiger partial charge >= 0.3 is 0 Å². The lowest BCUT2D eigenvalue weighted by Gasteiger charge is -2.26. The Morgan fingerprint density at radius 3 is 3.20 bits per heavy atom. The van der Waals surface area contributed by atoms with Crippen molar-refractivity contribution in [1.29, 1.82) is 0 Å². The van der Waals surface area contributed by atoms with Crippen LogP contribution < -0.4 is 15.4 Å². The molecule has 0 aliphatic carbocycles. The summed E-state index contributed by atoms with van der Waals surface area (Å²) in [5.41, 5.74) is 0.924. The Hall–Kier alpha value is -2.50. The third-order valence-corrected chi connectivity index (χ3v) is 3.13. The van der Waals surface area contributed by atoms with Crippen LogP contribution in [0.5, 0.6) is 5.75 Å². The van der Waals surface area contributed by atoms with Crippen molar-refractivity contribution in [2.75, 3.05) is 18.4 Å². The van der Waals surface area contributed by atoms with Gasteiger partial charge in [0.25, 0.3) is 5.91 Å². The van der Waals surface area contributed by atoms with Gasteiger partial charge in [0.1, 0.15) is 5.75 Å². The molecule has 0 saturated carbocycles. The monoisotopic (exact) mass is 272 g/mol. The molecule has 1 aromatic carbocycles. The summed E-state index contributed by atoms with van der Waals surface area (Å²) < 4.78 is 7.46. The molecule has 0 spiro atoms. The minimum atomic E-state index is -0.498. The molecule has 1 aliphatic heterocycles. The fraction of sp³-hybridized carbons (Fsp3) is 0.286. The van der Waals surface area contributed by atoms with Gasteiger partial charge in [0.15, 0.2) is 6.10 Å². The molecule has 20 heavy (non-hydrogen) atoms. The molecule has 0 fully saturated rings. The number of fused-ring (bicyclic) bond motifs is 1. The van der Waals surface area contributed by atoms with Gasteiger partial charge in [0.05, 0.1) is 18.8 Å². The van der Waals surface area contributed by atoms with Crippen LogP contribution in [0, 0.1) is 0 Å². The summed E-state index contributed by atoms with van der Waals surface area (Å²) in [4.78, 5) is 12.0. The lowest BCUT2D eigenvalue weighted by atomic mass is 10.2. The summed E-state index contributed by atoms with van der Waals surface area (Å²) in [6, 6.07) is 9.46. The van der Waals surface area contributed by atoms with Crippen LogP contribution in [0.25, 0.3) is 0 Å². The SMILES string of the molecule is O=C(NCCn1cccn1)C1CNc2ccccc2O1. The van der Waals surface area contributed by atoms with Crippen molar-refractivity contribution in [1.82, 2.24) is 15.1 Å². The van der Waals surface area contributed by atoms with Crippen LogP contribution in [0.4, 0.5) is 5.69 Å². The van der Waals surface area contributed by atoms with Gasteiger partial charge in [-0.3, -0.25) is 9.48 Å². The minimum absolute atomic E-state index is 0.112. The Labute approximate surface area is 116 Å². The van der Waals surface area contributed by atoms with Crippen LogP contribution in [0.15, 0.2) is 42.7 Å². The van der Waals surface area contributed by atoms with Gasteiger partial charge in [-0.1, -0.05) is 12.1 Å². The second-order valence-corrected chi connectivity index (χ2v) is 4.54. The molecule has 6 heteroatoms. The fourth-order valence-corrected chi connectivity index (χ4v) is 2.10. The van der Waals surface area contributed by atoms with Gasteiger partial charge in [-0.15, -0.1) is 0 Å². The number of hydrogen-bond donors (Lipinski definition) is 2. The molecule has 2 aromatic rings. The molecular formula is C14H16N4O2. The van der Waals surface area contributed by atoms with E-state index in [1.165, 1.54) is 0 Å². The largest absolute Gasteiger partial charge is 0.477 e. The summed E-state index contributed by atoms with van der Waals surface area (Å²) in [7, 11) is 0. The van der Waals surface area contributed by atoms with Crippen molar-refractivity contribution >= 4 is 11.6 Å². The maximum atomic E-state index is 12.0. The molecule has 1 atom stereocenters. The van der Waals surface area contributed by atoms with Gasteiger partial charge in [-0.05, 0) is 18.2 Å². The lowest BCUT2D eigenvalue weighted by molar-refractivity contribution is -0.127. The van der Waals surface area contributed by atoms with Crippen LogP contribution >= 0.6 is 0 Å². The first-order valence-corrected chi connectivity index (χ1v) is 6.57. The van der Waals surface area contributed by atoms with E-state index in [0.29, 0.717) is 25.4 Å². The second kappa shape index (κ2) is 5.64. The Balaban J connectivity index is 1.51. The van der Waals surface area contributed by atoms with Crippen LogP contribution in [0.3, 0.4) is 0 Å². The number of aromatic nitrogens is 2. The van der Waals surface area contributed by atoms with Crippen LogP contribution in [-0.4, -0.2) is 34.9 Å². The van der Waals surface area contributed by atoms with Gasteiger partial charge in [0.2, 0.25) is 0 Å². The highest BCUT2D eigenvalue weighted by Crippen LogP contribution is 2.27. The first-order chi connectivity index (χ1) is 9.83. The van der Waals surface area contributed by atoms with Gasteiger partial charge in [-0.2, -0.15) is 5.10 Å². The standard InChI is InChI=1S/C14H16N4O2/c19-14(15-7-9-18-8-3-6-17-18)13-10-16-11-4-1-2-5-12(11)20-13/h1-6,8,13,16H,7,9-10H2,(H,15,19). The van der Waals surface area contributed by atoms with E-state index in [2.05, 4.69) is 15.7 Å². The first kappa shape index (κ1) is 12.5. The summed E-state index contributed by atoms with van der Waals surface area (Å²) >= 11 is 0. The van der Waals surface area contributed by atoms with E-state index < -0.39 is 6.10 Å². The number of anilines is 1. The van der Waals surface area contributed by atoms with E-state index in [4.69, 9.17) is 4.74 Å². The quantitative estimate of drug-likeness (QED) is 0.866.